The first-order valence-corrected chi connectivity index (χ1v) is 7.35. The minimum absolute atomic E-state index is 0.0420. The molecular formula is C14H20BrNO2. The van der Waals surface area contributed by atoms with Crippen molar-refractivity contribution < 1.29 is 9.53 Å². The standard InChI is InChI=1S/C14H20BrNO2/c1-3-4-10-16(11-9-15)14(17)12-7-5-6-8-13(12)18-2/h5-8H,3-4,9-11H2,1-2H3. The van der Waals surface area contributed by atoms with Crippen molar-refractivity contribution >= 4 is 21.8 Å². The highest BCUT2D eigenvalue weighted by Crippen LogP contribution is 2.19. The Kier molecular flexibility index (Phi) is 6.80. The summed E-state index contributed by atoms with van der Waals surface area (Å²) in [4.78, 5) is 14.3. The Morgan fingerprint density at radius 1 is 1.33 bits per heavy atom. The van der Waals surface area contributed by atoms with E-state index < -0.39 is 0 Å². The maximum Gasteiger partial charge on any atom is 0.257 e. The fraction of sp³-hybridized carbons (Fsp3) is 0.500. The van der Waals surface area contributed by atoms with Crippen LogP contribution in [0.4, 0.5) is 0 Å². The molecule has 0 unspecified atom stereocenters. The molecule has 1 aromatic rings. The molecule has 1 rings (SSSR count). The number of amides is 1. The van der Waals surface area contributed by atoms with Crippen LogP contribution in [0.15, 0.2) is 24.3 Å². The van der Waals surface area contributed by atoms with Crippen molar-refractivity contribution in [2.75, 3.05) is 25.5 Å². The van der Waals surface area contributed by atoms with Crippen molar-refractivity contribution in [3.63, 3.8) is 0 Å². The van der Waals surface area contributed by atoms with Crippen molar-refractivity contribution in [2.24, 2.45) is 0 Å². The first-order valence-electron chi connectivity index (χ1n) is 6.22. The summed E-state index contributed by atoms with van der Waals surface area (Å²) in [7, 11) is 1.59. The van der Waals surface area contributed by atoms with Crippen LogP contribution in [0.1, 0.15) is 30.1 Å². The molecule has 1 aromatic carbocycles. The Morgan fingerprint density at radius 2 is 2.06 bits per heavy atom. The number of rotatable bonds is 7. The van der Waals surface area contributed by atoms with Crippen LogP contribution < -0.4 is 4.74 Å². The highest BCUT2D eigenvalue weighted by atomic mass is 79.9. The molecule has 0 saturated carbocycles. The van der Waals surface area contributed by atoms with Crippen LogP contribution >= 0.6 is 15.9 Å². The van der Waals surface area contributed by atoms with Gasteiger partial charge in [0.05, 0.1) is 12.7 Å². The Morgan fingerprint density at radius 3 is 2.67 bits per heavy atom. The van der Waals surface area contributed by atoms with Crippen molar-refractivity contribution in [1.29, 1.82) is 0 Å². The lowest BCUT2D eigenvalue weighted by molar-refractivity contribution is 0.0761. The van der Waals surface area contributed by atoms with Crippen LogP contribution in [0.25, 0.3) is 0 Å². The topological polar surface area (TPSA) is 29.5 Å². The Bertz CT molecular complexity index is 382. The van der Waals surface area contributed by atoms with Gasteiger partial charge in [0.15, 0.2) is 0 Å². The molecular weight excluding hydrogens is 294 g/mol. The average Bonchev–Trinajstić information content (AvgIpc) is 2.42. The molecule has 0 aromatic heterocycles. The highest BCUT2D eigenvalue weighted by molar-refractivity contribution is 9.09. The fourth-order valence-electron chi connectivity index (χ4n) is 1.76. The van der Waals surface area contributed by atoms with E-state index in [1.165, 1.54) is 0 Å². The van der Waals surface area contributed by atoms with Gasteiger partial charge in [-0.15, -0.1) is 0 Å². The second kappa shape index (κ2) is 8.14. The summed E-state index contributed by atoms with van der Waals surface area (Å²) in [5.74, 6) is 0.680. The lowest BCUT2D eigenvalue weighted by atomic mass is 10.1. The number of carbonyl (C=O) groups is 1. The van der Waals surface area contributed by atoms with Crippen LogP contribution in [0.3, 0.4) is 0 Å². The van der Waals surface area contributed by atoms with Gasteiger partial charge in [0.2, 0.25) is 0 Å². The van der Waals surface area contributed by atoms with Crippen LogP contribution in [-0.2, 0) is 0 Å². The SMILES string of the molecule is CCCCN(CCBr)C(=O)c1ccccc1OC. The van der Waals surface area contributed by atoms with E-state index >= 15 is 0 Å². The molecule has 0 N–H and O–H groups in total. The molecule has 0 aliphatic carbocycles. The number of alkyl halides is 1. The lowest BCUT2D eigenvalue weighted by Gasteiger charge is -2.22. The largest absolute Gasteiger partial charge is 0.496 e. The van der Waals surface area contributed by atoms with Crippen LogP contribution in [0.2, 0.25) is 0 Å². The molecule has 0 bridgehead atoms. The van der Waals surface area contributed by atoms with E-state index in [2.05, 4.69) is 22.9 Å². The van der Waals surface area contributed by atoms with Gasteiger partial charge < -0.3 is 9.64 Å². The zero-order valence-electron chi connectivity index (χ0n) is 11.0. The summed E-state index contributed by atoms with van der Waals surface area (Å²) in [6, 6.07) is 7.37. The number of benzene rings is 1. The van der Waals surface area contributed by atoms with Crippen LogP contribution in [0.5, 0.6) is 5.75 Å². The normalized spacial score (nSPS) is 10.2. The number of hydrogen-bond donors (Lipinski definition) is 0. The molecule has 0 aliphatic rings. The summed E-state index contributed by atoms with van der Waals surface area (Å²) in [5, 5.41) is 0.789. The number of carbonyl (C=O) groups excluding carboxylic acids is 1. The minimum Gasteiger partial charge on any atom is -0.496 e. The summed E-state index contributed by atoms with van der Waals surface area (Å²) < 4.78 is 5.24. The van der Waals surface area contributed by atoms with E-state index in [0.29, 0.717) is 11.3 Å². The quantitative estimate of drug-likeness (QED) is 0.723. The highest BCUT2D eigenvalue weighted by Gasteiger charge is 2.18. The maximum atomic E-state index is 12.4. The van der Waals surface area contributed by atoms with E-state index in [4.69, 9.17) is 4.74 Å². The van der Waals surface area contributed by atoms with Gasteiger partial charge in [-0.25, -0.2) is 0 Å². The molecule has 4 heteroatoms. The molecule has 0 aliphatic heterocycles. The Balaban J connectivity index is 2.86. The second-order valence-electron chi connectivity index (χ2n) is 4.04. The van der Waals surface area contributed by atoms with Crippen LogP contribution in [0, 0.1) is 0 Å². The van der Waals surface area contributed by atoms with Gasteiger partial charge in [-0.1, -0.05) is 41.4 Å². The molecule has 0 spiro atoms. The van der Waals surface area contributed by atoms with Gasteiger partial charge in [-0.2, -0.15) is 0 Å². The van der Waals surface area contributed by atoms with Gasteiger partial charge >= 0.3 is 0 Å². The Hall–Kier alpha value is -1.03. The minimum atomic E-state index is 0.0420. The molecule has 18 heavy (non-hydrogen) atoms. The second-order valence-corrected chi connectivity index (χ2v) is 4.83. The van der Waals surface area contributed by atoms with E-state index in [0.717, 1.165) is 31.3 Å². The third-order valence-electron chi connectivity index (χ3n) is 2.76. The number of unbranched alkanes of at least 4 members (excludes halogenated alkanes) is 1. The molecule has 1 amide bonds. The average molecular weight is 314 g/mol. The van der Waals surface area contributed by atoms with Crippen LogP contribution in [-0.4, -0.2) is 36.3 Å². The molecule has 0 atom stereocenters. The van der Waals surface area contributed by atoms with Gasteiger partial charge in [-0.3, -0.25) is 4.79 Å². The predicted molar refractivity (Wildman–Crippen MR) is 77.6 cm³/mol. The van der Waals surface area contributed by atoms with Crippen molar-refractivity contribution in [2.45, 2.75) is 19.8 Å². The van der Waals surface area contributed by atoms with Crippen molar-refractivity contribution in [3.05, 3.63) is 29.8 Å². The monoisotopic (exact) mass is 313 g/mol. The summed E-state index contributed by atoms with van der Waals surface area (Å²) in [6.45, 7) is 3.63. The number of halogens is 1. The third kappa shape index (κ3) is 4.02. The lowest BCUT2D eigenvalue weighted by Crippen LogP contribution is -2.33. The smallest absolute Gasteiger partial charge is 0.257 e. The van der Waals surface area contributed by atoms with E-state index in [1.807, 2.05) is 29.2 Å². The molecule has 0 heterocycles. The van der Waals surface area contributed by atoms with Gasteiger partial charge in [0.1, 0.15) is 5.75 Å². The predicted octanol–water partition coefficient (Wildman–Crippen LogP) is 3.33. The summed E-state index contributed by atoms with van der Waals surface area (Å²) >= 11 is 3.39. The van der Waals surface area contributed by atoms with E-state index in [1.54, 1.807) is 7.11 Å². The number of methoxy groups -OCH3 is 1. The zero-order valence-corrected chi connectivity index (χ0v) is 12.6. The molecule has 3 nitrogen and oxygen atoms in total. The number of hydrogen-bond acceptors (Lipinski definition) is 2. The molecule has 0 fully saturated rings. The van der Waals surface area contributed by atoms with Gasteiger partial charge in [0, 0.05) is 18.4 Å². The van der Waals surface area contributed by atoms with E-state index in [-0.39, 0.29) is 5.91 Å². The molecule has 0 saturated heterocycles. The first kappa shape index (κ1) is 15.0. The number of para-hydroxylation sites is 1. The number of ether oxygens (including phenoxy) is 1. The fourth-order valence-corrected chi connectivity index (χ4v) is 2.19. The summed E-state index contributed by atoms with van der Waals surface area (Å²) in [6.07, 6.45) is 2.10. The molecule has 100 valence electrons. The van der Waals surface area contributed by atoms with E-state index in [9.17, 15) is 4.79 Å². The maximum absolute atomic E-state index is 12.4. The van der Waals surface area contributed by atoms with Gasteiger partial charge in [0.25, 0.3) is 5.91 Å². The van der Waals surface area contributed by atoms with Crippen molar-refractivity contribution in [3.8, 4) is 5.75 Å². The zero-order chi connectivity index (χ0) is 13.4. The summed E-state index contributed by atoms with van der Waals surface area (Å²) in [5.41, 5.74) is 0.636. The van der Waals surface area contributed by atoms with Crippen molar-refractivity contribution in [1.82, 2.24) is 4.90 Å². The van der Waals surface area contributed by atoms with Gasteiger partial charge in [-0.05, 0) is 18.6 Å². The third-order valence-corrected chi connectivity index (χ3v) is 3.12. The Labute approximate surface area is 117 Å². The number of nitrogens with zero attached hydrogens (tertiary/aromatic N) is 1. The first-order chi connectivity index (χ1) is 8.74. The molecule has 0 radical (unpaired) electrons.